The maximum absolute atomic E-state index is 12.2. The van der Waals surface area contributed by atoms with Gasteiger partial charge in [0.1, 0.15) is 12.4 Å². The molecule has 0 aliphatic heterocycles. The number of amides is 1. The van der Waals surface area contributed by atoms with Crippen molar-refractivity contribution < 1.29 is 19.0 Å². The summed E-state index contributed by atoms with van der Waals surface area (Å²) in [4.78, 5) is 16.2. The van der Waals surface area contributed by atoms with E-state index in [2.05, 4.69) is 22.1 Å². The van der Waals surface area contributed by atoms with E-state index in [1.54, 1.807) is 42.7 Å². The number of rotatable bonds is 8. The summed E-state index contributed by atoms with van der Waals surface area (Å²) >= 11 is 0. The van der Waals surface area contributed by atoms with Gasteiger partial charge in [0, 0.05) is 11.8 Å². The number of hydrogen-bond donors (Lipinski definition) is 1. The standard InChI is InChI=1S/C20H22N2O4/c1-3-24-18-10-9-16(14-19(18)25-4-2)20(23)22-12-5-6-13-26-17-8-7-11-21-15-17/h7-11,14-15H,3-4,12-13H2,1-2H3,(H,22,23). The highest BCUT2D eigenvalue weighted by Crippen LogP contribution is 2.28. The third-order valence-electron chi connectivity index (χ3n) is 3.21. The second-order valence-electron chi connectivity index (χ2n) is 5.04. The van der Waals surface area contributed by atoms with Crippen LogP contribution in [-0.2, 0) is 0 Å². The fourth-order valence-electron chi connectivity index (χ4n) is 2.08. The summed E-state index contributed by atoms with van der Waals surface area (Å²) in [6.07, 6.45) is 3.29. The second kappa shape index (κ2) is 10.6. The van der Waals surface area contributed by atoms with Gasteiger partial charge in [0.25, 0.3) is 5.91 Å². The molecule has 0 unspecified atom stereocenters. The minimum atomic E-state index is -0.225. The summed E-state index contributed by atoms with van der Waals surface area (Å²) < 4.78 is 16.4. The van der Waals surface area contributed by atoms with Crippen molar-refractivity contribution in [2.24, 2.45) is 0 Å². The zero-order valence-corrected chi connectivity index (χ0v) is 15.0. The van der Waals surface area contributed by atoms with E-state index in [0.717, 1.165) is 0 Å². The van der Waals surface area contributed by atoms with Crippen molar-refractivity contribution in [1.82, 2.24) is 10.3 Å². The number of pyridine rings is 1. The Morgan fingerprint density at radius 1 is 1.08 bits per heavy atom. The quantitative estimate of drug-likeness (QED) is 0.738. The molecule has 1 aromatic heterocycles. The minimum Gasteiger partial charge on any atom is -0.490 e. The van der Waals surface area contributed by atoms with E-state index in [1.807, 2.05) is 13.8 Å². The van der Waals surface area contributed by atoms with Crippen molar-refractivity contribution in [2.45, 2.75) is 13.8 Å². The predicted octanol–water partition coefficient (Wildman–Crippen LogP) is 2.69. The first-order valence-electron chi connectivity index (χ1n) is 8.41. The fraction of sp³-hybridized carbons (Fsp3) is 0.300. The molecule has 0 fully saturated rings. The van der Waals surface area contributed by atoms with Crippen LogP contribution in [0.2, 0.25) is 0 Å². The van der Waals surface area contributed by atoms with Gasteiger partial charge in [0.2, 0.25) is 0 Å². The Kier molecular flexibility index (Phi) is 7.81. The molecule has 0 spiro atoms. The Bertz CT molecular complexity index is 766. The highest BCUT2D eigenvalue weighted by Gasteiger charge is 2.10. The lowest BCUT2D eigenvalue weighted by Crippen LogP contribution is -2.23. The van der Waals surface area contributed by atoms with Crippen LogP contribution < -0.4 is 19.5 Å². The number of benzene rings is 1. The van der Waals surface area contributed by atoms with E-state index < -0.39 is 0 Å². The highest BCUT2D eigenvalue weighted by molar-refractivity contribution is 5.95. The van der Waals surface area contributed by atoms with Crippen LogP contribution in [0.1, 0.15) is 24.2 Å². The first-order valence-corrected chi connectivity index (χ1v) is 8.41. The molecule has 1 aromatic carbocycles. The topological polar surface area (TPSA) is 69.7 Å². The Hall–Kier alpha value is -3.20. The van der Waals surface area contributed by atoms with E-state index in [0.29, 0.717) is 36.0 Å². The van der Waals surface area contributed by atoms with Crippen molar-refractivity contribution >= 4 is 5.91 Å². The first kappa shape index (κ1) is 19.1. The molecule has 1 amide bonds. The number of nitrogens with zero attached hydrogens (tertiary/aromatic N) is 1. The van der Waals surface area contributed by atoms with Crippen LogP contribution >= 0.6 is 0 Å². The molecule has 0 atom stereocenters. The number of nitrogens with one attached hydrogen (secondary N) is 1. The molecule has 0 aliphatic rings. The molecule has 0 saturated carbocycles. The molecule has 0 saturated heterocycles. The number of carbonyl (C=O) groups is 1. The molecule has 0 aliphatic carbocycles. The molecule has 0 bridgehead atoms. The molecule has 2 rings (SSSR count). The van der Waals surface area contributed by atoms with E-state index in [4.69, 9.17) is 14.2 Å². The zero-order chi connectivity index (χ0) is 18.6. The van der Waals surface area contributed by atoms with Crippen molar-refractivity contribution in [3.8, 4) is 29.1 Å². The van der Waals surface area contributed by atoms with Crippen molar-refractivity contribution in [2.75, 3.05) is 26.4 Å². The average Bonchev–Trinajstić information content (AvgIpc) is 2.67. The smallest absolute Gasteiger partial charge is 0.252 e. The lowest BCUT2D eigenvalue weighted by atomic mass is 10.2. The van der Waals surface area contributed by atoms with Gasteiger partial charge in [-0.15, -0.1) is 0 Å². The van der Waals surface area contributed by atoms with Gasteiger partial charge < -0.3 is 19.5 Å². The summed E-state index contributed by atoms with van der Waals surface area (Å²) in [5.74, 6) is 7.29. The number of hydrogen-bond acceptors (Lipinski definition) is 5. The number of ether oxygens (including phenoxy) is 3. The number of carbonyl (C=O) groups excluding carboxylic acids is 1. The first-order chi connectivity index (χ1) is 12.7. The van der Waals surface area contributed by atoms with E-state index in [9.17, 15) is 4.79 Å². The lowest BCUT2D eigenvalue weighted by molar-refractivity contribution is 0.0958. The summed E-state index contributed by atoms with van der Waals surface area (Å²) in [5, 5.41) is 2.74. The average molecular weight is 354 g/mol. The minimum absolute atomic E-state index is 0.225. The molecule has 1 heterocycles. The Morgan fingerprint density at radius 3 is 2.62 bits per heavy atom. The van der Waals surface area contributed by atoms with Crippen molar-refractivity contribution in [1.29, 1.82) is 0 Å². The number of aromatic nitrogens is 1. The van der Waals surface area contributed by atoms with Crippen LogP contribution in [-0.4, -0.2) is 37.3 Å². The normalized spacial score (nSPS) is 9.62. The molecule has 2 aromatic rings. The van der Waals surface area contributed by atoms with E-state index in [1.165, 1.54) is 0 Å². The maximum Gasteiger partial charge on any atom is 0.252 e. The van der Waals surface area contributed by atoms with E-state index >= 15 is 0 Å². The SMILES string of the molecule is CCOc1ccc(C(=O)NCC#CCOc2cccnc2)cc1OCC. The lowest BCUT2D eigenvalue weighted by Gasteiger charge is -2.12. The Labute approximate surface area is 153 Å². The van der Waals surface area contributed by atoms with Gasteiger partial charge in [-0.1, -0.05) is 11.8 Å². The van der Waals surface area contributed by atoms with Crippen molar-refractivity contribution in [3.63, 3.8) is 0 Å². The summed E-state index contributed by atoms with van der Waals surface area (Å²) in [7, 11) is 0. The van der Waals surface area contributed by atoms with Gasteiger partial charge in [-0.25, -0.2) is 0 Å². The van der Waals surface area contributed by atoms with Crippen LogP contribution in [0.4, 0.5) is 0 Å². The fourth-order valence-corrected chi connectivity index (χ4v) is 2.08. The molecule has 26 heavy (non-hydrogen) atoms. The monoisotopic (exact) mass is 354 g/mol. The molecule has 6 heteroatoms. The third-order valence-corrected chi connectivity index (χ3v) is 3.21. The van der Waals surface area contributed by atoms with Gasteiger partial charge >= 0.3 is 0 Å². The molecular weight excluding hydrogens is 332 g/mol. The summed E-state index contributed by atoms with van der Waals surface area (Å²) in [5.41, 5.74) is 0.491. The largest absolute Gasteiger partial charge is 0.490 e. The zero-order valence-electron chi connectivity index (χ0n) is 15.0. The summed E-state index contributed by atoms with van der Waals surface area (Å²) in [6, 6.07) is 8.69. The van der Waals surface area contributed by atoms with E-state index in [-0.39, 0.29) is 19.1 Å². The van der Waals surface area contributed by atoms with Crippen LogP contribution in [0.15, 0.2) is 42.7 Å². The molecule has 6 nitrogen and oxygen atoms in total. The van der Waals surface area contributed by atoms with Gasteiger partial charge in [-0.3, -0.25) is 9.78 Å². The Balaban J connectivity index is 1.84. The van der Waals surface area contributed by atoms with Crippen LogP contribution in [0.25, 0.3) is 0 Å². The molecule has 136 valence electrons. The van der Waals surface area contributed by atoms with Gasteiger partial charge in [-0.2, -0.15) is 0 Å². The van der Waals surface area contributed by atoms with Gasteiger partial charge in [0.15, 0.2) is 11.5 Å². The highest BCUT2D eigenvalue weighted by atomic mass is 16.5. The Morgan fingerprint density at radius 2 is 1.88 bits per heavy atom. The molecule has 0 radical (unpaired) electrons. The van der Waals surface area contributed by atoms with Crippen LogP contribution in [0, 0.1) is 11.8 Å². The molecule has 1 N–H and O–H groups in total. The second-order valence-corrected chi connectivity index (χ2v) is 5.04. The van der Waals surface area contributed by atoms with Crippen LogP contribution in [0.3, 0.4) is 0 Å². The summed E-state index contributed by atoms with van der Waals surface area (Å²) in [6.45, 7) is 5.26. The third kappa shape index (κ3) is 6.02. The van der Waals surface area contributed by atoms with Crippen LogP contribution in [0.5, 0.6) is 17.2 Å². The van der Waals surface area contributed by atoms with Gasteiger partial charge in [-0.05, 0) is 44.2 Å². The molecular formula is C20H22N2O4. The predicted molar refractivity (Wildman–Crippen MR) is 98.6 cm³/mol. The van der Waals surface area contributed by atoms with Gasteiger partial charge in [0.05, 0.1) is 26.0 Å². The maximum atomic E-state index is 12.2. The van der Waals surface area contributed by atoms with Crippen molar-refractivity contribution in [3.05, 3.63) is 48.3 Å².